The van der Waals surface area contributed by atoms with Gasteiger partial charge in [0, 0.05) is 37.6 Å². The molecule has 0 fully saturated rings. The Morgan fingerprint density at radius 2 is 1.36 bits per heavy atom. The van der Waals surface area contributed by atoms with Crippen LogP contribution in [0.1, 0.15) is 60.8 Å². The summed E-state index contributed by atoms with van der Waals surface area (Å²) in [5, 5.41) is 2.61. The molecule has 12 nitrogen and oxygen atoms in total. The van der Waals surface area contributed by atoms with Crippen molar-refractivity contribution >= 4 is 11.8 Å². The Balaban J connectivity index is 0.000000301. The van der Waals surface area contributed by atoms with E-state index in [4.69, 9.17) is 15.3 Å². The highest BCUT2D eigenvalue weighted by atomic mass is 16.5. The van der Waals surface area contributed by atoms with Gasteiger partial charge in [-0.2, -0.15) is 0 Å². The summed E-state index contributed by atoms with van der Waals surface area (Å²) >= 11 is 0. The first-order valence-corrected chi connectivity index (χ1v) is 13.7. The highest BCUT2D eigenvalue weighted by Crippen LogP contribution is 2.19. The van der Waals surface area contributed by atoms with E-state index in [9.17, 15) is 19.2 Å². The molecule has 0 radical (unpaired) electrons. The van der Waals surface area contributed by atoms with Crippen LogP contribution in [0.15, 0.2) is 94.8 Å². The molecule has 0 spiro atoms. The zero-order valence-corrected chi connectivity index (χ0v) is 24.0. The van der Waals surface area contributed by atoms with E-state index >= 15 is 0 Å². The van der Waals surface area contributed by atoms with E-state index in [2.05, 4.69) is 10.7 Å². The molecule has 2 amide bonds. The SMILES string of the molecule is C.C.CCN1CNn2ccc(=O)c(OCc3ccccc3)c2C1=O.CCNC(=O)c1c(OCc2ccccc2)c(=O)ccn1N. The zero-order chi connectivity index (χ0) is 30.8. The minimum atomic E-state index is -0.444. The third kappa shape index (κ3) is 8.75. The fourth-order valence-corrected chi connectivity index (χ4v) is 4.22. The molecular weight excluding hydrogens is 576 g/mol. The summed E-state index contributed by atoms with van der Waals surface area (Å²) in [5.41, 5.74) is 4.48. The molecule has 45 heavy (non-hydrogen) atoms. The number of ether oxygens (including phenoxy) is 2. The molecule has 4 aromatic rings. The molecule has 0 atom stereocenters. The summed E-state index contributed by atoms with van der Waals surface area (Å²) in [6.45, 7) is 5.50. The van der Waals surface area contributed by atoms with Crippen LogP contribution < -0.4 is 36.9 Å². The second-order valence-electron chi connectivity index (χ2n) is 9.38. The number of benzene rings is 2. The fourth-order valence-electron chi connectivity index (χ4n) is 4.22. The number of rotatable bonds is 9. The average Bonchev–Trinajstić information content (AvgIpc) is 3.02. The van der Waals surface area contributed by atoms with Gasteiger partial charge in [-0.05, 0) is 25.0 Å². The number of fused-ring (bicyclic) bond motifs is 1. The molecule has 1 aliphatic heterocycles. The number of hydrogen-bond donors (Lipinski definition) is 3. The maximum Gasteiger partial charge on any atom is 0.277 e. The highest BCUT2D eigenvalue weighted by Gasteiger charge is 2.28. The van der Waals surface area contributed by atoms with Gasteiger partial charge in [-0.25, -0.2) is 0 Å². The van der Waals surface area contributed by atoms with Gasteiger partial charge in [0.15, 0.2) is 22.9 Å². The molecule has 5 rings (SSSR count). The van der Waals surface area contributed by atoms with E-state index in [1.807, 2.05) is 67.6 Å². The number of nitrogen functional groups attached to an aromatic ring is 1. The van der Waals surface area contributed by atoms with Gasteiger partial charge < -0.3 is 31.0 Å². The van der Waals surface area contributed by atoms with Crippen molar-refractivity contribution in [2.24, 2.45) is 0 Å². The van der Waals surface area contributed by atoms with E-state index in [0.29, 0.717) is 19.8 Å². The Morgan fingerprint density at radius 1 is 0.822 bits per heavy atom. The average molecular weight is 619 g/mol. The van der Waals surface area contributed by atoms with E-state index in [-0.39, 0.29) is 67.7 Å². The van der Waals surface area contributed by atoms with Crippen LogP contribution in [0.3, 0.4) is 0 Å². The predicted octanol–water partition coefficient (Wildman–Crippen LogP) is 3.57. The van der Waals surface area contributed by atoms with Crippen molar-refractivity contribution in [1.82, 2.24) is 19.6 Å². The maximum absolute atomic E-state index is 12.5. The van der Waals surface area contributed by atoms with Gasteiger partial charge in [-0.1, -0.05) is 75.5 Å². The lowest BCUT2D eigenvalue weighted by Gasteiger charge is -2.30. The fraction of sp³-hybridized carbons (Fsp3) is 0.273. The molecule has 0 aliphatic carbocycles. The Morgan fingerprint density at radius 3 is 1.91 bits per heavy atom. The van der Waals surface area contributed by atoms with Crippen molar-refractivity contribution in [1.29, 1.82) is 0 Å². The van der Waals surface area contributed by atoms with Crippen molar-refractivity contribution in [2.75, 3.05) is 31.0 Å². The number of carbonyl (C=O) groups excluding carboxylic acids is 2. The quantitative estimate of drug-likeness (QED) is 0.241. The van der Waals surface area contributed by atoms with Crippen LogP contribution in [-0.2, 0) is 13.2 Å². The van der Waals surface area contributed by atoms with Crippen molar-refractivity contribution in [3.8, 4) is 11.5 Å². The summed E-state index contributed by atoms with van der Waals surface area (Å²) in [6, 6.07) is 21.6. The van der Waals surface area contributed by atoms with Crippen molar-refractivity contribution < 1.29 is 19.1 Å². The molecule has 0 saturated carbocycles. The standard InChI is InChI=1S/C16H17N3O3.C15H17N3O3.2CH4/c1-2-18-11-17-19-9-8-13(20)15(14(19)16(18)21)22-10-12-6-4-3-5-7-12;1-2-17-15(20)13-14(12(19)8-9-18(13)16)21-10-11-6-4-3-5-7-11;;/h3-9,17H,2,10-11H2,1H3;3-9H,2,10,16H2,1H3,(H,17,20);2*1H4. The number of nitrogens with one attached hydrogen (secondary N) is 2. The lowest BCUT2D eigenvalue weighted by Crippen LogP contribution is -2.46. The normalized spacial score (nSPS) is 11.3. The summed E-state index contributed by atoms with van der Waals surface area (Å²) in [5.74, 6) is 5.12. The van der Waals surface area contributed by atoms with Crippen molar-refractivity contribution in [3.05, 3.63) is 128 Å². The molecule has 0 bridgehead atoms. The molecule has 1 aliphatic rings. The lowest BCUT2D eigenvalue weighted by molar-refractivity contribution is 0.0728. The van der Waals surface area contributed by atoms with Crippen LogP contribution in [0.4, 0.5) is 0 Å². The molecule has 2 aromatic carbocycles. The number of nitrogens with zero attached hydrogens (tertiary/aromatic N) is 3. The van der Waals surface area contributed by atoms with Crippen LogP contribution in [-0.4, -0.2) is 45.8 Å². The predicted molar refractivity (Wildman–Crippen MR) is 176 cm³/mol. The molecule has 4 N–H and O–H groups in total. The van der Waals surface area contributed by atoms with Crippen LogP contribution >= 0.6 is 0 Å². The van der Waals surface area contributed by atoms with E-state index in [1.165, 1.54) is 18.3 Å². The maximum atomic E-state index is 12.5. The molecule has 12 heteroatoms. The molecule has 2 aromatic heterocycles. The van der Waals surface area contributed by atoms with E-state index < -0.39 is 5.91 Å². The number of carbonyl (C=O) groups is 2. The third-order valence-corrected chi connectivity index (χ3v) is 6.45. The van der Waals surface area contributed by atoms with Crippen LogP contribution in [0.25, 0.3) is 0 Å². The molecule has 0 saturated heterocycles. The van der Waals surface area contributed by atoms with Crippen LogP contribution in [0, 0.1) is 0 Å². The van der Waals surface area contributed by atoms with Gasteiger partial charge in [0.1, 0.15) is 19.9 Å². The molecule has 240 valence electrons. The van der Waals surface area contributed by atoms with E-state index in [0.717, 1.165) is 15.8 Å². The zero-order valence-electron chi connectivity index (χ0n) is 24.0. The molecule has 0 unspecified atom stereocenters. The Bertz CT molecular complexity index is 1670. The molecule has 3 heterocycles. The summed E-state index contributed by atoms with van der Waals surface area (Å²) in [6.07, 6.45) is 2.89. The summed E-state index contributed by atoms with van der Waals surface area (Å²) < 4.78 is 13.8. The summed E-state index contributed by atoms with van der Waals surface area (Å²) in [4.78, 5) is 50.2. The van der Waals surface area contributed by atoms with Gasteiger partial charge in [0.25, 0.3) is 11.8 Å². The number of amides is 2. The lowest BCUT2D eigenvalue weighted by atomic mass is 10.2. The second kappa shape index (κ2) is 16.9. The number of aromatic nitrogens is 2. The van der Waals surface area contributed by atoms with Gasteiger partial charge >= 0.3 is 0 Å². The first kappa shape index (κ1) is 35.7. The highest BCUT2D eigenvalue weighted by molar-refractivity contribution is 5.96. The smallest absolute Gasteiger partial charge is 0.277 e. The minimum Gasteiger partial charge on any atom is -0.482 e. The monoisotopic (exact) mass is 618 g/mol. The van der Waals surface area contributed by atoms with Gasteiger partial charge in [0.2, 0.25) is 10.9 Å². The van der Waals surface area contributed by atoms with Gasteiger partial charge in [0.05, 0.1) is 0 Å². The van der Waals surface area contributed by atoms with Crippen LogP contribution in [0.5, 0.6) is 11.5 Å². The van der Waals surface area contributed by atoms with Gasteiger partial charge in [-0.3, -0.25) is 28.5 Å². The third-order valence-electron chi connectivity index (χ3n) is 6.45. The minimum absolute atomic E-state index is 0. The number of pyridine rings is 2. The topological polar surface area (TPSA) is 150 Å². The largest absolute Gasteiger partial charge is 0.482 e. The first-order valence-electron chi connectivity index (χ1n) is 13.7. The first-order chi connectivity index (χ1) is 20.8. The van der Waals surface area contributed by atoms with E-state index in [1.54, 1.807) is 22.7 Å². The van der Waals surface area contributed by atoms with Gasteiger partial charge in [-0.15, -0.1) is 0 Å². The van der Waals surface area contributed by atoms with Crippen LogP contribution in [0.2, 0.25) is 0 Å². The molecular formula is C33H42N6O6. The van der Waals surface area contributed by atoms with Crippen molar-refractivity contribution in [3.63, 3.8) is 0 Å². The van der Waals surface area contributed by atoms with Crippen molar-refractivity contribution in [2.45, 2.75) is 41.9 Å². The number of hydrogen-bond acceptors (Lipinski definition) is 8. The number of nitrogens with two attached hydrogens (primary N) is 1. The summed E-state index contributed by atoms with van der Waals surface area (Å²) in [7, 11) is 0. The Labute approximate surface area is 263 Å². The second-order valence-corrected chi connectivity index (χ2v) is 9.38. The Hall–Kier alpha value is -5.52. The Kier molecular flexibility index (Phi) is 13.4.